The molecule has 9 heteroatoms. The van der Waals surface area contributed by atoms with Gasteiger partial charge in [-0.2, -0.15) is 0 Å². The standard InChI is InChI=1S/C12H22O9/c13-3-6-8(15)5(1-2-19-6)20-12-11(18)10(17)9(16)7(4-14)21-12/h5-18H,1-4H2/t5-,6-,7-,8+,9-,10+,11-,12+/m1/s1. The topological polar surface area (TPSA) is 149 Å². The van der Waals surface area contributed by atoms with E-state index in [2.05, 4.69) is 0 Å². The summed E-state index contributed by atoms with van der Waals surface area (Å²) >= 11 is 0. The number of ether oxygens (including phenoxy) is 3. The van der Waals surface area contributed by atoms with E-state index < -0.39 is 55.6 Å². The molecular weight excluding hydrogens is 288 g/mol. The molecule has 0 saturated carbocycles. The zero-order valence-electron chi connectivity index (χ0n) is 11.4. The van der Waals surface area contributed by atoms with Crippen molar-refractivity contribution in [2.75, 3.05) is 19.8 Å². The van der Waals surface area contributed by atoms with Gasteiger partial charge in [0, 0.05) is 6.61 Å². The highest BCUT2D eigenvalue weighted by molar-refractivity contribution is 4.90. The minimum absolute atomic E-state index is 0.254. The molecule has 0 spiro atoms. The van der Waals surface area contributed by atoms with E-state index >= 15 is 0 Å². The molecule has 0 aromatic rings. The van der Waals surface area contributed by atoms with Crippen LogP contribution in [0.4, 0.5) is 0 Å². The van der Waals surface area contributed by atoms with Crippen LogP contribution in [0.1, 0.15) is 6.42 Å². The summed E-state index contributed by atoms with van der Waals surface area (Å²) in [7, 11) is 0. The fourth-order valence-corrected chi connectivity index (χ4v) is 2.51. The first-order chi connectivity index (χ1) is 9.99. The average molecular weight is 310 g/mol. The van der Waals surface area contributed by atoms with Crippen LogP contribution in [0.15, 0.2) is 0 Å². The van der Waals surface area contributed by atoms with E-state index in [4.69, 9.17) is 24.4 Å². The second kappa shape index (κ2) is 7.27. The van der Waals surface area contributed by atoms with Gasteiger partial charge in [-0.1, -0.05) is 0 Å². The van der Waals surface area contributed by atoms with Gasteiger partial charge in [-0.3, -0.25) is 0 Å². The van der Waals surface area contributed by atoms with E-state index in [1.165, 1.54) is 0 Å². The Morgan fingerprint density at radius 3 is 2.14 bits per heavy atom. The monoisotopic (exact) mass is 310 g/mol. The van der Waals surface area contributed by atoms with E-state index in [1.807, 2.05) is 0 Å². The van der Waals surface area contributed by atoms with Gasteiger partial charge in [-0.15, -0.1) is 0 Å². The lowest BCUT2D eigenvalue weighted by Gasteiger charge is -2.42. The highest BCUT2D eigenvalue weighted by Crippen LogP contribution is 2.26. The van der Waals surface area contributed by atoms with E-state index in [-0.39, 0.29) is 13.2 Å². The van der Waals surface area contributed by atoms with Crippen molar-refractivity contribution < 1.29 is 44.8 Å². The Balaban J connectivity index is 2.00. The van der Waals surface area contributed by atoms with Crippen molar-refractivity contribution in [1.29, 1.82) is 0 Å². The molecule has 21 heavy (non-hydrogen) atoms. The molecule has 0 unspecified atom stereocenters. The van der Waals surface area contributed by atoms with Gasteiger partial charge >= 0.3 is 0 Å². The van der Waals surface area contributed by atoms with Gasteiger partial charge in [0.1, 0.15) is 36.6 Å². The minimum Gasteiger partial charge on any atom is -0.394 e. The lowest BCUT2D eigenvalue weighted by Crippen LogP contribution is -2.61. The summed E-state index contributed by atoms with van der Waals surface area (Å²) in [5.74, 6) is 0. The second-order valence-corrected chi connectivity index (χ2v) is 5.24. The number of aliphatic hydroxyl groups excluding tert-OH is 6. The van der Waals surface area contributed by atoms with Crippen LogP contribution in [0.2, 0.25) is 0 Å². The Bertz CT molecular complexity index is 326. The number of aliphatic hydroxyl groups is 6. The lowest BCUT2D eigenvalue weighted by atomic mass is 9.98. The van der Waals surface area contributed by atoms with Crippen LogP contribution in [0.3, 0.4) is 0 Å². The SMILES string of the molecule is OC[C@H]1OCC[C@@H](O[C@H]2O[C@H](CO)[C@@H](O)[C@H](O)[C@H]2O)[C@@H]1O. The van der Waals surface area contributed by atoms with Gasteiger partial charge in [0.05, 0.1) is 19.3 Å². The normalized spacial score (nSPS) is 48.3. The Morgan fingerprint density at radius 1 is 0.857 bits per heavy atom. The summed E-state index contributed by atoms with van der Waals surface area (Å²) in [4.78, 5) is 0. The molecule has 2 fully saturated rings. The first kappa shape index (κ1) is 17.0. The van der Waals surface area contributed by atoms with E-state index in [1.54, 1.807) is 0 Å². The molecule has 2 rings (SSSR count). The van der Waals surface area contributed by atoms with Crippen molar-refractivity contribution in [3.63, 3.8) is 0 Å². The predicted octanol–water partition coefficient (Wildman–Crippen LogP) is -3.69. The van der Waals surface area contributed by atoms with Gasteiger partial charge in [-0.05, 0) is 6.42 Å². The van der Waals surface area contributed by atoms with Crippen molar-refractivity contribution in [1.82, 2.24) is 0 Å². The van der Waals surface area contributed by atoms with Gasteiger partial charge in [0.25, 0.3) is 0 Å². The van der Waals surface area contributed by atoms with Gasteiger partial charge in [0.2, 0.25) is 0 Å². The van der Waals surface area contributed by atoms with Gasteiger partial charge in [-0.25, -0.2) is 0 Å². The molecule has 2 aliphatic heterocycles. The summed E-state index contributed by atoms with van der Waals surface area (Å²) in [5, 5.41) is 57.3. The molecule has 0 aromatic heterocycles. The summed E-state index contributed by atoms with van der Waals surface area (Å²) in [6.45, 7) is -0.680. The fraction of sp³-hybridized carbons (Fsp3) is 1.00. The predicted molar refractivity (Wildman–Crippen MR) is 66.1 cm³/mol. The third-order valence-corrected chi connectivity index (χ3v) is 3.83. The summed E-state index contributed by atoms with van der Waals surface area (Å²) in [6, 6.07) is 0. The first-order valence-electron chi connectivity index (χ1n) is 6.86. The van der Waals surface area contributed by atoms with E-state index in [0.717, 1.165) is 0 Å². The molecule has 0 radical (unpaired) electrons. The summed E-state index contributed by atoms with van der Waals surface area (Å²) in [6.07, 6.45) is -9.27. The lowest BCUT2D eigenvalue weighted by molar-refractivity contribution is -0.325. The molecule has 8 atom stereocenters. The largest absolute Gasteiger partial charge is 0.394 e. The average Bonchev–Trinajstić information content (AvgIpc) is 2.49. The van der Waals surface area contributed by atoms with Gasteiger partial charge in [0.15, 0.2) is 6.29 Å². The smallest absolute Gasteiger partial charge is 0.187 e. The third-order valence-electron chi connectivity index (χ3n) is 3.83. The maximum atomic E-state index is 9.98. The number of rotatable bonds is 4. The molecule has 9 nitrogen and oxygen atoms in total. The van der Waals surface area contributed by atoms with Crippen LogP contribution >= 0.6 is 0 Å². The van der Waals surface area contributed by atoms with Crippen LogP contribution in [0.5, 0.6) is 0 Å². The van der Waals surface area contributed by atoms with Crippen LogP contribution in [-0.2, 0) is 14.2 Å². The molecule has 0 bridgehead atoms. The van der Waals surface area contributed by atoms with Crippen molar-refractivity contribution in [3.05, 3.63) is 0 Å². The van der Waals surface area contributed by atoms with Gasteiger partial charge < -0.3 is 44.8 Å². The quantitative estimate of drug-likeness (QED) is 0.308. The third kappa shape index (κ3) is 3.52. The molecule has 2 heterocycles. The van der Waals surface area contributed by atoms with Crippen molar-refractivity contribution in [3.8, 4) is 0 Å². The van der Waals surface area contributed by atoms with Crippen molar-refractivity contribution in [2.45, 2.75) is 55.4 Å². The molecule has 2 aliphatic rings. The van der Waals surface area contributed by atoms with Crippen molar-refractivity contribution in [2.24, 2.45) is 0 Å². The molecule has 0 aliphatic carbocycles. The number of hydrogen-bond acceptors (Lipinski definition) is 9. The maximum Gasteiger partial charge on any atom is 0.187 e. The van der Waals surface area contributed by atoms with E-state index in [0.29, 0.717) is 6.42 Å². The van der Waals surface area contributed by atoms with Crippen molar-refractivity contribution >= 4 is 0 Å². The Labute approximate surface area is 121 Å². The zero-order valence-corrected chi connectivity index (χ0v) is 11.4. The Hall–Kier alpha value is -0.360. The minimum atomic E-state index is -1.54. The maximum absolute atomic E-state index is 9.98. The highest BCUT2D eigenvalue weighted by atomic mass is 16.7. The summed E-state index contributed by atoms with van der Waals surface area (Å²) < 4.78 is 15.8. The molecule has 124 valence electrons. The van der Waals surface area contributed by atoms with Crippen LogP contribution in [-0.4, -0.2) is 99.5 Å². The van der Waals surface area contributed by atoms with Crippen LogP contribution in [0, 0.1) is 0 Å². The Kier molecular flexibility index (Phi) is 5.88. The molecule has 2 saturated heterocycles. The molecular formula is C12H22O9. The fourth-order valence-electron chi connectivity index (χ4n) is 2.51. The molecule has 6 N–H and O–H groups in total. The molecule has 0 amide bonds. The van der Waals surface area contributed by atoms with Crippen LogP contribution in [0.25, 0.3) is 0 Å². The zero-order chi connectivity index (χ0) is 15.6. The molecule has 0 aromatic carbocycles. The first-order valence-corrected chi connectivity index (χ1v) is 6.86. The Morgan fingerprint density at radius 2 is 1.52 bits per heavy atom. The second-order valence-electron chi connectivity index (χ2n) is 5.24. The summed E-state index contributed by atoms with van der Waals surface area (Å²) in [5.41, 5.74) is 0. The number of hydrogen-bond donors (Lipinski definition) is 6. The highest BCUT2D eigenvalue weighted by Gasteiger charge is 2.46. The van der Waals surface area contributed by atoms with E-state index in [9.17, 15) is 20.4 Å². The van der Waals surface area contributed by atoms with Crippen LogP contribution < -0.4 is 0 Å².